The lowest BCUT2D eigenvalue weighted by molar-refractivity contribution is -0.468. The lowest BCUT2D eigenvalue weighted by Gasteiger charge is -2.51. The maximum atomic E-state index is 14.3. The molecule has 24 heavy (non-hydrogen) atoms. The number of thioether (sulfide) groups is 1. The van der Waals surface area contributed by atoms with E-state index in [0.717, 1.165) is 12.1 Å². The van der Waals surface area contributed by atoms with Crippen molar-refractivity contribution in [3.63, 3.8) is 0 Å². The summed E-state index contributed by atoms with van der Waals surface area (Å²) in [5.41, 5.74) is 0. The highest BCUT2D eigenvalue weighted by Crippen LogP contribution is 2.72. The third kappa shape index (κ3) is 1.88. The third-order valence-corrected chi connectivity index (χ3v) is 4.69. The zero-order valence-corrected chi connectivity index (χ0v) is 11.8. The zero-order chi connectivity index (χ0) is 18.8. The Morgan fingerprint density at radius 3 is 1.21 bits per heavy atom. The van der Waals surface area contributed by atoms with Crippen LogP contribution in [0.25, 0.3) is 0 Å². The van der Waals surface area contributed by atoms with Crippen LogP contribution in [-0.2, 0) is 0 Å². The minimum absolute atomic E-state index is 0.682. The van der Waals surface area contributed by atoms with Gasteiger partial charge >= 0.3 is 29.6 Å². The van der Waals surface area contributed by atoms with Crippen LogP contribution < -0.4 is 0 Å². The molecule has 1 aliphatic carbocycles. The van der Waals surface area contributed by atoms with Crippen molar-refractivity contribution in [2.24, 2.45) is 0 Å². The van der Waals surface area contributed by atoms with Crippen LogP contribution in [-0.4, -0.2) is 34.6 Å². The second-order valence-corrected chi connectivity index (χ2v) is 6.12. The minimum Gasteiger partial charge on any atom is -0.217 e. The van der Waals surface area contributed by atoms with Crippen LogP contribution in [0.5, 0.6) is 0 Å². The van der Waals surface area contributed by atoms with E-state index in [4.69, 9.17) is 0 Å². The molecule has 1 aliphatic rings. The van der Waals surface area contributed by atoms with Crippen molar-refractivity contribution in [2.75, 3.05) is 0 Å². The molecule has 0 spiro atoms. The van der Waals surface area contributed by atoms with E-state index in [1.165, 1.54) is 6.07 Å². The molecule has 1 aromatic rings. The molecule has 2 rings (SSSR count). The van der Waals surface area contributed by atoms with E-state index in [1.807, 2.05) is 0 Å². The van der Waals surface area contributed by atoms with Gasteiger partial charge in [0.1, 0.15) is 0 Å². The summed E-state index contributed by atoms with van der Waals surface area (Å²) in [5.74, 6) is -34.9. The molecule has 0 atom stereocenters. The van der Waals surface area contributed by atoms with Crippen molar-refractivity contribution in [2.45, 2.75) is 39.5 Å². The van der Waals surface area contributed by atoms with Crippen LogP contribution in [0.2, 0.25) is 0 Å². The largest absolute Gasteiger partial charge is 0.384 e. The van der Waals surface area contributed by atoms with Gasteiger partial charge in [-0.3, -0.25) is 0 Å². The van der Waals surface area contributed by atoms with E-state index in [0.29, 0.717) is 12.1 Å². The third-order valence-electron chi connectivity index (χ3n) is 3.39. The van der Waals surface area contributed by atoms with Gasteiger partial charge in [-0.15, -0.1) is 0 Å². The molecule has 0 aromatic heterocycles. The van der Waals surface area contributed by atoms with Gasteiger partial charge in [-0.1, -0.05) is 30.0 Å². The maximum Gasteiger partial charge on any atom is 0.384 e. The summed E-state index contributed by atoms with van der Waals surface area (Å²) in [6, 6.07) is 4.53. The number of alkyl halides is 11. The summed E-state index contributed by atoms with van der Waals surface area (Å²) in [7, 11) is 0. The summed E-state index contributed by atoms with van der Waals surface area (Å²) in [5, 5.41) is -6.03. The fourth-order valence-electron chi connectivity index (χ4n) is 1.97. The molecule has 1 fully saturated rings. The lowest BCUT2D eigenvalue weighted by Crippen LogP contribution is -2.82. The molecule has 0 heterocycles. The van der Waals surface area contributed by atoms with Gasteiger partial charge in [0.25, 0.3) is 5.00 Å². The Kier molecular flexibility index (Phi) is 3.92. The molecule has 0 unspecified atom stereocenters. The van der Waals surface area contributed by atoms with E-state index >= 15 is 0 Å². The smallest absolute Gasteiger partial charge is 0.217 e. The van der Waals surface area contributed by atoms with Gasteiger partial charge in [-0.25, -0.2) is 4.39 Å². The van der Waals surface area contributed by atoms with E-state index in [9.17, 15) is 48.3 Å². The van der Waals surface area contributed by atoms with E-state index in [-0.39, 0.29) is 0 Å². The van der Waals surface area contributed by atoms with Gasteiger partial charge in [0.05, 0.1) is 0 Å². The maximum absolute atomic E-state index is 14.3. The van der Waals surface area contributed by atoms with Crippen molar-refractivity contribution in [1.29, 1.82) is 0 Å². The molecule has 136 valence electrons. The first-order valence-electron chi connectivity index (χ1n) is 5.90. The Balaban J connectivity index is 2.73. The number of benzene rings is 1. The van der Waals surface area contributed by atoms with E-state index in [1.54, 1.807) is 0 Å². The average molecular weight is 390 g/mol. The molecule has 0 amide bonds. The Labute approximate surface area is 131 Å². The predicted molar refractivity (Wildman–Crippen MR) is 60.9 cm³/mol. The van der Waals surface area contributed by atoms with Crippen molar-refractivity contribution in [3.05, 3.63) is 30.3 Å². The monoisotopic (exact) mass is 390 g/mol. The van der Waals surface area contributed by atoms with E-state index < -0.39 is 51.3 Å². The van der Waals surface area contributed by atoms with Gasteiger partial charge in [-0.2, -0.15) is 43.9 Å². The summed E-state index contributed by atoms with van der Waals surface area (Å²) in [6.07, 6.45) is 0. The van der Waals surface area contributed by atoms with Crippen LogP contribution in [0.15, 0.2) is 35.2 Å². The Morgan fingerprint density at radius 2 is 0.833 bits per heavy atom. The van der Waals surface area contributed by atoms with E-state index in [2.05, 4.69) is 0 Å². The first-order chi connectivity index (χ1) is 10.6. The van der Waals surface area contributed by atoms with Crippen molar-refractivity contribution >= 4 is 11.8 Å². The number of hydrogen-bond donors (Lipinski definition) is 0. The quantitative estimate of drug-likeness (QED) is 0.590. The highest BCUT2D eigenvalue weighted by Gasteiger charge is 3.01. The first kappa shape index (κ1) is 19.1. The SMILES string of the molecule is FC1(F)C(F)(F)C(F)(F)C(F)(Sc2ccccc2)C(F)(F)C1(F)F. The van der Waals surface area contributed by atoms with Crippen molar-refractivity contribution in [1.82, 2.24) is 0 Å². The number of hydrogen-bond acceptors (Lipinski definition) is 1. The van der Waals surface area contributed by atoms with Crippen LogP contribution in [0.1, 0.15) is 0 Å². The van der Waals surface area contributed by atoms with Crippen molar-refractivity contribution < 1.29 is 48.3 Å². The summed E-state index contributed by atoms with van der Waals surface area (Å²) >= 11 is -1.37. The second kappa shape index (κ2) is 4.92. The van der Waals surface area contributed by atoms with Crippen LogP contribution in [0.4, 0.5) is 48.3 Å². The predicted octanol–water partition coefficient (Wildman–Crippen LogP) is 5.63. The van der Waals surface area contributed by atoms with Crippen LogP contribution in [0.3, 0.4) is 0 Å². The second-order valence-electron chi connectivity index (χ2n) is 4.88. The first-order valence-corrected chi connectivity index (χ1v) is 6.71. The molecule has 12 heteroatoms. The van der Waals surface area contributed by atoms with Gasteiger partial charge in [-0.05, 0) is 12.1 Å². The summed E-state index contributed by atoms with van der Waals surface area (Å²) in [4.78, 5) is -0.865. The highest BCUT2D eigenvalue weighted by molar-refractivity contribution is 8.00. The molecule has 0 aliphatic heterocycles. The standard InChI is InChI=1S/C12H5F11S/c13-7(14)8(15,16)10(19,20)12(23,11(21,22)9(7,17)18)24-6-4-2-1-3-5-6/h1-5H. The molecule has 0 radical (unpaired) electrons. The normalized spacial score (nSPS) is 28.3. The Bertz CT molecular complexity index is 595. The van der Waals surface area contributed by atoms with Crippen molar-refractivity contribution in [3.8, 4) is 0 Å². The Hall–Kier alpha value is -1.20. The van der Waals surface area contributed by atoms with Crippen LogP contribution >= 0.6 is 11.8 Å². The molecule has 0 nitrogen and oxygen atoms in total. The fourth-order valence-corrected chi connectivity index (χ4v) is 3.10. The molecule has 0 bridgehead atoms. The van der Waals surface area contributed by atoms with Gasteiger partial charge in [0, 0.05) is 4.90 Å². The Morgan fingerprint density at radius 1 is 0.500 bits per heavy atom. The topological polar surface area (TPSA) is 0 Å². The van der Waals surface area contributed by atoms with Crippen LogP contribution in [0, 0.1) is 0 Å². The fraction of sp³-hybridized carbons (Fsp3) is 0.500. The lowest BCUT2D eigenvalue weighted by atomic mass is 9.80. The molecule has 0 N–H and O–H groups in total. The minimum atomic E-state index is -7.18. The van der Waals surface area contributed by atoms with Gasteiger partial charge in [0.15, 0.2) is 0 Å². The number of halogens is 11. The number of rotatable bonds is 2. The molecule has 1 aromatic carbocycles. The molecule has 1 saturated carbocycles. The van der Waals surface area contributed by atoms with Gasteiger partial charge < -0.3 is 0 Å². The molecule has 0 saturated heterocycles. The van der Waals surface area contributed by atoms with Gasteiger partial charge in [0.2, 0.25) is 0 Å². The molecular weight excluding hydrogens is 385 g/mol. The average Bonchev–Trinajstić information content (AvgIpc) is 2.46. The summed E-state index contributed by atoms with van der Waals surface area (Å²) in [6.45, 7) is 0. The summed E-state index contributed by atoms with van der Waals surface area (Å²) < 4.78 is 148. The molecular formula is C12H5F11S. The highest BCUT2D eigenvalue weighted by atomic mass is 32.2. The zero-order valence-electron chi connectivity index (χ0n) is 11.0.